The maximum Gasteiger partial charge on any atom is 0.251 e. The standard InChI is InChI=1S/C14H19Cl2NO2/c1-14(2,9-18)4-3-5-17-13(19)10-6-11(15)8-12(16)7-10/h6-8,18H,3-5,9H2,1-2H3,(H,17,19). The zero-order valence-corrected chi connectivity index (χ0v) is 12.7. The number of nitrogens with one attached hydrogen (secondary N) is 1. The molecule has 19 heavy (non-hydrogen) atoms. The van der Waals surface area contributed by atoms with E-state index in [1.54, 1.807) is 18.2 Å². The summed E-state index contributed by atoms with van der Waals surface area (Å²) in [5.74, 6) is -0.189. The maximum atomic E-state index is 11.9. The Morgan fingerprint density at radius 3 is 2.37 bits per heavy atom. The highest BCUT2D eigenvalue weighted by molar-refractivity contribution is 6.35. The molecule has 0 fully saturated rings. The number of amides is 1. The number of hydrogen-bond acceptors (Lipinski definition) is 2. The molecule has 1 amide bonds. The van der Waals surface area contributed by atoms with E-state index in [1.807, 2.05) is 13.8 Å². The molecule has 0 spiro atoms. The van der Waals surface area contributed by atoms with E-state index in [1.165, 1.54) is 0 Å². The molecule has 0 unspecified atom stereocenters. The Balaban J connectivity index is 2.43. The number of aliphatic hydroxyl groups is 1. The second-order valence-corrected chi connectivity index (χ2v) is 6.21. The number of halogens is 2. The van der Waals surface area contributed by atoms with Crippen molar-refractivity contribution in [2.75, 3.05) is 13.2 Å². The lowest BCUT2D eigenvalue weighted by Gasteiger charge is -2.21. The molecule has 0 bridgehead atoms. The van der Waals surface area contributed by atoms with Gasteiger partial charge in [0.2, 0.25) is 0 Å². The fraction of sp³-hybridized carbons (Fsp3) is 0.500. The second-order valence-electron chi connectivity index (χ2n) is 5.34. The van der Waals surface area contributed by atoms with Gasteiger partial charge in [-0.3, -0.25) is 4.79 Å². The van der Waals surface area contributed by atoms with Gasteiger partial charge in [-0.15, -0.1) is 0 Å². The quantitative estimate of drug-likeness (QED) is 0.790. The fourth-order valence-corrected chi connectivity index (χ4v) is 2.16. The molecule has 0 aliphatic carbocycles. The van der Waals surface area contributed by atoms with Crippen LogP contribution in [0.15, 0.2) is 18.2 Å². The molecule has 1 aromatic carbocycles. The summed E-state index contributed by atoms with van der Waals surface area (Å²) >= 11 is 11.7. The highest BCUT2D eigenvalue weighted by atomic mass is 35.5. The Kier molecular flexibility index (Phi) is 6.11. The van der Waals surface area contributed by atoms with Gasteiger partial charge in [0.05, 0.1) is 0 Å². The molecule has 0 heterocycles. The van der Waals surface area contributed by atoms with Crippen molar-refractivity contribution < 1.29 is 9.90 Å². The summed E-state index contributed by atoms with van der Waals surface area (Å²) in [5, 5.41) is 12.8. The van der Waals surface area contributed by atoms with Crippen molar-refractivity contribution in [3.8, 4) is 0 Å². The molecule has 3 nitrogen and oxygen atoms in total. The van der Waals surface area contributed by atoms with Gasteiger partial charge in [0.1, 0.15) is 0 Å². The summed E-state index contributed by atoms with van der Waals surface area (Å²) < 4.78 is 0. The van der Waals surface area contributed by atoms with Gasteiger partial charge in [-0.2, -0.15) is 0 Å². The van der Waals surface area contributed by atoms with Crippen LogP contribution in [0.25, 0.3) is 0 Å². The van der Waals surface area contributed by atoms with Crippen molar-refractivity contribution in [3.05, 3.63) is 33.8 Å². The Bertz CT molecular complexity index is 427. The number of carbonyl (C=O) groups is 1. The van der Waals surface area contributed by atoms with E-state index < -0.39 is 0 Å². The van der Waals surface area contributed by atoms with E-state index in [2.05, 4.69) is 5.32 Å². The third-order valence-corrected chi connectivity index (χ3v) is 3.31. The molecule has 2 N–H and O–H groups in total. The minimum atomic E-state index is -0.189. The highest BCUT2D eigenvalue weighted by Gasteiger charge is 2.15. The van der Waals surface area contributed by atoms with Crippen molar-refractivity contribution in [1.82, 2.24) is 5.32 Å². The third-order valence-electron chi connectivity index (χ3n) is 2.87. The lowest BCUT2D eigenvalue weighted by atomic mass is 9.89. The van der Waals surface area contributed by atoms with Gasteiger partial charge in [0.25, 0.3) is 5.91 Å². The van der Waals surface area contributed by atoms with E-state index in [-0.39, 0.29) is 17.9 Å². The van der Waals surface area contributed by atoms with Crippen LogP contribution < -0.4 is 5.32 Å². The van der Waals surface area contributed by atoms with E-state index in [9.17, 15) is 4.79 Å². The molecule has 0 aromatic heterocycles. The molecule has 1 aromatic rings. The summed E-state index contributed by atoms with van der Waals surface area (Å²) in [7, 11) is 0. The largest absolute Gasteiger partial charge is 0.396 e. The average molecular weight is 304 g/mol. The Morgan fingerprint density at radius 1 is 1.26 bits per heavy atom. The summed E-state index contributed by atoms with van der Waals surface area (Å²) in [6.45, 7) is 4.69. The molecule has 0 saturated carbocycles. The molecular weight excluding hydrogens is 285 g/mol. The minimum absolute atomic E-state index is 0.107. The van der Waals surface area contributed by atoms with Crippen LogP contribution in [-0.4, -0.2) is 24.2 Å². The fourth-order valence-electron chi connectivity index (χ4n) is 1.63. The number of carbonyl (C=O) groups excluding carboxylic acids is 1. The molecule has 5 heteroatoms. The van der Waals surface area contributed by atoms with Gasteiger partial charge in [-0.05, 0) is 36.5 Å². The number of benzene rings is 1. The SMILES string of the molecule is CC(C)(CO)CCCNC(=O)c1cc(Cl)cc(Cl)c1. The Morgan fingerprint density at radius 2 is 1.84 bits per heavy atom. The van der Waals surface area contributed by atoms with Crippen LogP contribution in [-0.2, 0) is 0 Å². The van der Waals surface area contributed by atoms with Crippen LogP contribution in [0, 0.1) is 5.41 Å². The van der Waals surface area contributed by atoms with Gasteiger partial charge in [-0.1, -0.05) is 37.0 Å². The van der Waals surface area contributed by atoms with Crippen LogP contribution in [0.1, 0.15) is 37.0 Å². The first-order valence-electron chi connectivity index (χ1n) is 6.19. The number of aliphatic hydroxyl groups excluding tert-OH is 1. The van der Waals surface area contributed by atoms with Gasteiger partial charge in [0.15, 0.2) is 0 Å². The smallest absolute Gasteiger partial charge is 0.251 e. The van der Waals surface area contributed by atoms with Crippen LogP contribution in [0.2, 0.25) is 10.0 Å². The molecule has 0 aliphatic heterocycles. The molecule has 106 valence electrons. The zero-order valence-electron chi connectivity index (χ0n) is 11.2. The summed E-state index contributed by atoms with van der Waals surface area (Å²) in [6, 6.07) is 4.75. The maximum absolute atomic E-state index is 11.9. The van der Waals surface area contributed by atoms with Crippen LogP contribution in [0.4, 0.5) is 0 Å². The van der Waals surface area contributed by atoms with Gasteiger partial charge in [0, 0.05) is 28.8 Å². The van der Waals surface area contributed by atoms with E-state index in [0.29, 0.717) is 22.2 Å². The first-order valence-corrected chi connectivity index (χ1v) is 6.95. The predicted octanol–water partition coefficient (Wildman–Crippen LogP) is 3.52. The average Bonchev–Trinajstić information content (AvgIpc) is 2.33. The van der Waals surface area contributed by atoms with Crippen molar-refractivity contribution in [1.29, 1.82) is 0 Å². The first kappa shape index (κ1) is 16.3. The summed E-state index contributed by atoms with van der Waals surface area (Å²) in [6.07, 6.45) is 1.66. The van der Waals surface area contributed by atoms with Crippen LogP contribution >= 0.6 is 23.2 Å². The highest BCUT2D eigenvalue weighted by Crippen LogP contribution is 2.21. The third kappa shape index (κ3) is 5.81. The second kappa shape index (κ2) is 7.13. The lowest BCUT2D eigenvalue weighted by molar-refractivity contribution is 0.0948. The van der Waals surface area contributed by atoms with Crippen LogP contribution in [0.5, 0.6) is 0 Å². The van der Waals surface area contributed by atoms with E-state index in [4.69, 9.17) is 28.3 Å². The van der Waals surface area contributed by atoms with Gasteiger partial charge >= 0.3 is 0 Å². The minimum Gasteiger partial charge on any atom is -0.396 e. The van der Waals surface area contributed by atoms with Gasteiger partial charge < -0.3 is 10.4 Å². The van der Waals surface area contributed by atoms with E-state index >= 15 is 0 Å². The predicted molar refractivity (Wildman–Crippen MR) is 78.9 cm³/mol. The van der Waals surface area contributed by atoms with Crippen LogP contribution in [0.3, 0.4) is 0 Å². The molecule has 0 atom stereocenters. The van der Waals surface area contributed by atoms with Crippen molar-refractivity contribution in [2.24, 2.45) is 5.41 Å². The summed E-state index contributed by atoms with van der Waals surface area (Å²) in [5.41, 5.74) is 0.350. The molecule has 0 radical (unpaired) electrons. The number of hydrogen-bond donors (Lipinski definition) is 2. The normalized spacial score (nSPS) is 11.4. The first-order chi connectivity index (χ1) is 8.84. The molecule has 0 aliphatic rings. The van der Waals surface area contributed by atoms with Crippen molar-refractivity contribution >= 4 is 29.1 Å². The van der Waals surface area contributed by atoms with Gasteiger partial charge in [-0.25, -0.2) is 0 Å². The monoisotopic (exact) mass is 303 g/mol. The molecular formula is C14H19Cl2NO2. The number of rotatable bonds is 6. The molecule has 0 saturated heterocycles. The molecule has 1 rings (SSSR count). The van der Waals surface area contributed by atoms with Crippen molar-refractivity contribution in [2.45, 2.75) is 26.7 Å². The summed E-state index contributed by atoms with van der Waals surface area (Å²) in [4.78, 5) is 11.9. The Hall–Kier alpha value is -0.770. The topological polar surface area (TPSA) is 49.3 Å². The zero-order chi connectivity index (χ0) is 14.5. The van der Waals surface area contributed by atoms with Crippen molar-refractivity contribution in [3.63, 3.8) is 0 Å². The Labute approximate surface area is 123 Å². The lowest BCUT2D eigenvalue weighted by Crippen LogP contribution is -2.26. The van der Waals surface area contributed by atoms with E-state index in [0.717, 1.165) is 12.8 Å².